The molecular weight excluding hydrogens is 320 g/mol. The van der Waals surface area contributed by atoms with E-state index in [4.69, 9.17) is 20.8 Å². The lowest BCUT2D eigenvalue weighted by Crippen LogP contribution is -2.04. The van der Waals surface area contributed by atoms with Gasteiger partial charge in [-0.3, -0.25) is 0 Å². The molecule has 0 aliphatic heterocycles. The van der Waals surface area contributed by atoms with Crippen LogP contribution in [0.25, 0.3) is 0 Å². The lowest BCUT2D eigenvalue weighted by molar-refractivity contribution is 0.331. The largest absolute Gasteiger partial charge is 0.491 e. The summed E-state index contributed by atoms with van der Waals surface area (Å²) in [6.07, 6.45) is 6.19. The number of rotatable bonds is 6. The zero-order chi connectivity index (χ0) is 15.2. The number of hydrogen-bond donors (Lipinski definition) is 0. The molecule has 2 aromatic rings. The van der Waals surface area contributed by atoms with Gasteiger partial charge in [0.05, 0.1) is 11.6 Å². The van der Waals surface area contributed by atoms with Crippen molar-refractivity contribution in [3.8, 4) is 5.75 Å². The topological polar surface area (TPSA) is 48.2 Å². The number of thioether (sulfide) groups is 1. The molecule has 4 nitrogen and oxygen atoms in total. The van der Waals surface area contributed by atoms with Gasteiger partial charge in [0, 0.05) is 11.7 Å². The van der Waals surface area contributed by atoms with Crippen molar-refractivity contribution in [1.82, 2.24) is 10.2 Å². The van der Waals surface area contributed by atoms with E-state index in [1.54, 1.807) is 0 Å². The highest BCUT2D eigenvalue weighted by Gasteiger charge is 2.21. The van der Waals surface area contributed by atoms with Crippen LogP contribution < -0.4 is 4.74 Å². The Hall–Kier alpha value is -1.20. The van der Waals surface area contributed by atoms with Crippen LogP contribution in [0.15, 0.2) is 33.9 Å². The van der Waals surface area contributed by atoms with Crippen molar-refractivity contribution < 1.29 is 9.15 Å². The van der Waals surface area contributed by atoms with Crippen LogP contribution in [0.2, 0.25) is 5.02 Å². The maximum Gasteiger partial charge on any atom is 0.276 e. The summed E-state index contributed by atoms with van der Waals surface area (Å²) in [6.45, 7) is 0.551. The predicted octanol–water partition coefficient (Wildman–Crippen LogP) is 4.94. The molecule has 118 valence electrons. The summed E-state index contributed by atoms with van der Waals surface area (Å²) in [5, 5.41) is 9.57. The Kier molecular flexibility index (Phi) is 5.62. The van der Waals surface area contributed by atoms with E-state index >= 15 is 0 Å². The second-order valence-electron chi connectivity index (χ2n) is 5.37. The van der Waals surface area contributed by atoms with Gasteiger partial charge in [-0.2, -0.15) is 0 Å². The number of aromatic nitrogens is 2. The zero-order valence-electron chi connectivity index (χ0n) is 12.3. The molecule has 1 aliphatic carbocycles. The predicted molar refractivity (Wildman–Crippen MR) is 87.8 cm³/mol. The molecule has 0 bridgehead atoms. The third kappa shape index (κ3) is 4.17. The molecule has 0 N–H and O–H groups in total. The maximum atomic E-state index is 6.04. The third-order valence-electron chi connectivity index (χ3n) is 3.78. The number of nitrogens with zero attached hydrogens (tertiary/aromatic N) is 2. The van der Waals surface area contributed by atoms with Crippen molar-refractivity contribution in [2.75, 3.05) is 12.4 Å². The second-order valence-corrected chi connectivity index (χ2v) is 6.82. The quantitative estimate of drug-likeness (QED) is 0.551. The van der Waals surface area contributed by atoms with E-state index in [0.29, 0.717) is 28.5 Å². The van der Waals surface area contributed by atoms with Crippen LogP contribution in [0.1, 0.15) is 43.9 Å². The van der Waals surface area contributed by atoms with Gasteiger partial charge >= 0.3 is 0 Å². The summed E-state index contributed by atoms with van der Waals surface area (Å²) in [5.41, 5.74) is 0. The van der Waals surface area contributed by atoms with Gasteiger partial charge in [-0.25, -0.2) is 0 Å². The highest BCUT2D eigenvalue weighted by molar-refractivity contribution is 7.99. The van der Waals surface area contributed by atoms with Gasteiger partial charge in [0.15, 0.2) is 0 Å². The lowest BCUT2D eigenvalue weighted by atomic mass is 9.89. The highest BCUT2D eigenvalue weighted by Crippen LogP contribution is 2.33. The van der Waals surface area contributed by atoms with E-state index in [1.165, 1.54) is 43.9 Å². The van der Waals surface area contributed by atoms with Gasteiger partial charge in [-0.1, -0.05) is 54.8 Å². The van der Waals surface area contributed by atoms with E-state index in [-0.39, 0.29) is 0 Å². The molecule has 1 aliphatic rings. The first-order valence-electron chi connectivity index (χ1n) is 7.66. The van der Waals surface area contributed by atoms with E-state index < -0.39 is 0 Å². The number of ether oxygens (including phenoxy) is 1. The molecule has 0 amide bonds. The molecule has 1 aromatic carbocycles. The van der Waals surface area contributed by atoms with Crippen LogP contribution in [0.5, 0.6) is 5.75 Å². The summed E-state index contributed by atoms with van der Waals surface area (Å²) in [6, 6.07) is 7.47. The average Bonchev–Trinajstić information content (AvgIpc) is 3.03. The molecule has 0 saturated heterocycles. The Morgan fingerprint density at radius 3 is 2.82 bits per heavy atom. The molecule has 3 rings (SSSR count). The van der Waals surface area contributed by atoms with Gasteiger partial charge in [0.25, 0.3) is 5.22 Å². The number of halogens is 1. The minimum atomic E-state index is 0.454. The summed E-state index contributed by atoms with van der Waals surface area (Å²) >= 11 is 7.56. The summed E-state index contributed by atoms with van der Waals surface area (Å²) < 4.78 is 11.4. The minimum absolute atomic E-state index is 0.454. The van der Waals surface area contributed by atoms with E-state index in [9.17, 15) is 0 Å². The molecule has 0 spiro atoms. The summed E-state index contributed by atoms with van der Waals surface area (Å²) in [7, 11) is 0. The van der Waals surface area contributed by atoms with Gasteiger partial charge in [0.2, 0.25) is 5.89 Å². The molecule has 1 saturated carbocycles. The normalized spacial score (nSPS) is 15.9. The third-order valence-corrected chi connectivity index (χ3v) is 4.87. The summed E-state index contributed by atoms with van der Waals surface area (Å²) in [4.78, 5) is 0. The molecule has 1 heterocycles. The number of hydrogen-bond acceptors (Lipinski definition) is 5. The molecule has 0 atom stereocenters. The molecule has 6 heteroatoms. The van der Waals surface area contributed by atoms with Crippen LogP contribution in [-0.2, 0) is 0 Å². The van der Waals surface area contributed by atoms with Crippen LogP contribution >= 0.6 is 23.4 Å². The summed E-state index contributed by atoms with van der Waals surface area (Å²) in [5.74, 6) is 2.71. The van der Waals surface area contributed by atoms with E-state index in [1.807, 2.05) is 24.3 Å². The molecule has 22 heavy (non-hydrogen) atoms. The fraction of sp³-hybridized carbons (Fsp3) is 0.500. The molecule has 1 aromatic heterocycles. The average molecular weight is 339 g/mol. The van der Waals surface area contributed by atoms with Crippen molar-refractivity contribution in [3.63, 3.8) is 0 Å². The van der Waals surface area contributed by atoms with Crippen LogP contribution in [-0.4, -0.2) is 22.6 Å². The fourth-order valence-corrected chi connectivity index (χ4v) is 3.41. The van der Waals surface area contributed by atoms with Crippen LogP contribution in [0.4, 0.5) is 0 Å². The Morgan fingerprint density at radius 1 is 1.18 bits per heavy atom. The zero-order valence-corrected chi connectivity index (χ0v) is 13.9. The second kappa shape index (κ2) is 7.88. The van der Waals surface area contributed by atoms with Crippen LogP contribution in [0, 0.1) is 0 Å². The van der Waals surface area contributed by atoms with Crippen LogP contribution in [0.3, 0.4) is 0 Å². The van der Waals surface area contributed by atoms with Gasteiger partial charge in [0.1, 0.15) is 5.75 Å². The molecule has 0 radical (unpaired) electrons. The highest BCUT2D eigenvalue weighted by atomic mass is 35.5. The Morgan fingerprint density at radius 2 is 2.00 bits per heavy atom. The number of benzene rings is 1. The SMILES string of the molecule is Clc1ccccc1OCCSc1nnc(C2CCCCC2)o1. The number of para-hydroxylation sites is 1. The standard InChI is InChI=1S/C16H19ClN2O2S/c17-13-8-4-5-9-14(13)20-10-11-22-16-19-18-15(21-16)12-6-2-1-3-7-12/h4-5,8-9,12H,1-3,6-7,10-11H2. The Balaban J connectivity index is 1.44. The molecule has 0 unspecified atom stereocenters. The van der Waals surface area contributed by atoms with E-state index in [0.717, 1.165) is 11.6 Å². The molecular formula is C16H19ClN2O2S. The van der Waals surface area contributed by atoms with Gasteiger partial charge < -0.3 is 9.15 Å². The minimum Gasteiger partial charge on any atom is -0.491 e. The fourth-order valence-electron chi connectivity index (χ4n) is 2.64. The first-order valence-corrected chi connectivity index (χ1v) is 9.03. The van der Waals surface area contributed by atoms with Crippen molar-refractivity contribution in [1.29, 1.82) is 0 Å². The van der Waals surface area contributed by atoms with Gasteiger partial charge in [-0.05, 0) is 25.0 Å². The van der Waals surface area contributed by atoms with E-state index in [2.05, 4.69) is 10.2 Å². The van der Waals surface area contributed by atoms with Crippen molar-refractivity contribution in [3.05, 3.63) is 35.2 Å². The first kappa shape index (κ1) is 15.7. The van der Waals surface area contributed by atoms with Crippen molar-refractivity contribution in [2.24, 2.45) is 0 Å². The van der Waals surface area contributed by atoms with Crippen molar-refractivity contribution >= 4 is 23.4 Å². The van der Waals surface area contributed by atoms with Gasteiger partial charge in [-0.15, -0.1) is 10.2 Å². The monoisotopic (exact) mass is 338 g/mol. The lowest BCUT2D eigenvalue weighted by Gasteiger charge is -2.17. The Labute approximate surface area is 139 Å². The van der Waals surface area contributed by atoms with Crippen molar-refractivity contribution in [2.45, 2.75) is 43.2 Å². The smallest absolute Gasteiger partial charge is 0.276 e. The first-order chi connectivity index (χ1) is 10.8. The maximum absolute atomic E-state index is 6.04. The molecule has 1 fully saturated rings. The Bertz CT molecular complexity index is 599.